The third-order valence-electron chi connectivity index (χ3n) is 6.64. The van der Waals surface area contributed by atoms with Crippen LogP contribution >= 0.6 is 18.9 Å². The molecule has 3 fully saturated rings. The summed E-state index contributed by atoms with van der Waals surface area (Å²) in [4.78, 5) is 26.6. The minimum Gasteiger partial charge on any atom is -0.352 e. The van der Waals surface area contributed by atoms with Crippen LogP contribution in [0.15, 0.2) is 27.9 Å². The Kier molecular flexibility index (Phi) is 6.35. The fraction of sp³-hybridized carbons (Fsp3) is 0.714. The molecule has 9 heteroatoms. The molecule has 0 aromatic carbocycles. The van der Waals surface area contributed by atoms with E-state index in [9.17, 15) is 9.59 Å². The topological polar surface area (TPSA) is 76.6 Å². The van der Waals surface area contributed by atoms with Crippen LogP contribution in [0.4, 0.5) is 0 Å². The highest BCUT2D eigenvalue weighted by molar-refractivity contribution is 8.54. The maximum atomic E-state index is 12.4. The van der Waals surface area contributed by atoms with Crippen LogP contribution in [0.1, 0.15) is 58.2 Å². The number of nitrogens with zero attached hydrogens (tertiary/aromatic N) is 2. The number of aromatic nitrogens is 2. The van der Waals surface area contributed by atoms with Gasteiger partial charge in [-0.25, -0.2) is 9.46 Å². The summed E-state index contributed by atoms with van der Waals surface area (Å²) in [5.74, 6) is 0.544. The van der Waals surface area contributed by atoms with Gasteiger partial charge in [0.15, 0.2) is 13.7 Å². The molecule has 2 aliphatic heterocycles. The van der Waals surface area contributed by atoms with Crippen molar-refractivity contribution in [2.75, 3.05) is 13.1 Å². The van der Waals surface area contributed by atoms with Crippen LogP contribution in [0.5, 0.6) is 0 Å². The maximum absolute atomic E-state index is 12.4. The molecule has 0 spiro atoms. The Morgan fingerprint density at radius 2 is 2.20 bits per heavy atom. The van der Waals surface area contributed by atoms with Crippen LogP contribution in [-0.4, -0.2) is 44.3 Å². The highest BCUT2D eigenvalue weighted by atomic mass is 32.7. The molecule has 3 heterocycles. The third kappa shape index (κ3) is 4.22. The lowest BCUT2D eigenvalue weighted by molar-refractivity contribution is -0.104. The normalized spacial score (nSPS) is 37.1. The van der Waals surface area contributed by atoms with Gasteiger partial charge in [0.25, 0.3) is 5.56 Å². The summed E-state index contributed by atoms with van der Waals surface area (Å²) in [5, 5.41) is 0. The highest BCUT2D eigenvalue weighted by Crippen LogP contribution is 2.71. The number of hydrogen-bond donors (Lipinski definition) is 1. The van der Waals surface area contributed by atoms with Crippen molar-refractivity contribution < 1.29 is 9.26 Å². The molecule has 1 N–H and O–H groups in total. The standard InChI is InChI=1S/C21H32N3O4PS/c1-6-16-11-23(12-18(27-16)24-10-14(4)19(25)22-20(24)26)29-28-17-9-15(13(2)3)7-8-21(17,5)30-29/h10,15-18H,2,6-9,11-12H2,1,3-5H3,(H,22,25,26)/t15-,16-,17+,18-,21+,29+/m1/s1. The molecule has 1 aliphatic carbocycles. The van der Waals surface area contributed by atoms with E-state index >= 15 is 0 Å². The Labute approximate surface area is 182 Å². The number of rotatable bonds is 4. The van der Waals surface area contributed by atoms with Gasteiger partial charge in [0.05, 0.1) is 18.8 Å². The number of nitrogens with one attached hydrogen (secondary N) is 1. The van der Waals surface area contributed by atoms with Crippen LogP contribution in [0.3, 0.4) is 0 Å². The highest BCUT2D eigenvalue weighted by Gasteiger charge is 2.52. The van der Waals surface area contributed by atoms with E-state index in [0.717, 1.165) is 25.8 Å². The SMILES string of the molecule is C=C(C)[C@@H]1CC[C@]2(C)S[P@@](N3C[C@@H](CC)O[C@@H](n4cc(C)c(=O)[nH]c4=O)C3)O[C@H]2C1. The van der Waals surface area contributed by atoms with Gasteiger partial charge < -0.3 is 9.26 Å². The molecule has 3 aliphatic rings. The zero-order chi connectivity index (χ0) is 21.6. The van der Waals surface area contributed by atoms with Crippen LogP contribution in [0, 0.1) is 12.8 Å². The largest absolute Gasteiger partial charge is 0.352 e. The minimum absolute atomic E-state index is 0.0215. The van der Waals surface area contributed by atoms with Crippen molar-refractivity contribution >= 4 is 18.9 Å². The average molecular weight is 454 g/mol. The smallest absolute Gasteiger partial charge is 0.330 e. The predicted molar refractivity (Wildman–Crippen MR) is 122 cm³/mol. The fourth-order valence-corrected chi connectivity index (χ4v) is 9.70. The summed E-state index contributed by atoms with van der Waals surface area (Å²) in [5.41, 5.74) is 0.987. The van der Waals surface area contributed by atoms with Crippen LogP contribution in [0.2, 0.25) is 0 Å². The molecule has 0 amide bonds. The second kappa shape index (κ2) is 8.55. The van der Waals surface area contributed by atoms with Gasteiger partial charge in [-0.2, -0.15) is 0 Å². The van der Waals surface area contributed by atoms with Crippen molar-refractivity contribution in [2.45, 2.75) is 76.6 Å². The predicted octanol–water partition coefficient (Wildman–Crippen LogP) is 3.95. The van der Waals surface area contributed by atoms with Gasteiger partial charge in [0.1, 0.15) is 0 Å². The summed E-state index contributed by atoms with van der Waals surface area (Å²) in [7, 11) is -0.820. The number of aromatic amines is 1. The molecule has 4 rings (SSSR count). The van der Waals surface area contributed by atoms with Gasteiger partial charge in [0.2, 0.25) is 0 Å². The number of aryl methyl sites for hydroxylation is 1. The molecule has 0 unspecified atom stereocenters. The Morgan fingerprint density at radius 3 is 2.90 bits per heavy atom. The van der Waals surface area contributed by atoms with Crippen LogP contribution in [0.25, 0.3) is 0 Å². The molecule has 1 saturated carbocycles. The summed E-state index contributed by atoms with van der Waals surface area (Å²) in [6.45, 7) is 13.8. The Bertz CT molecular complexity index is 934. The van der Waals surface area contributed by atoms with Crippen LogP contribution < -0.4 is 11.2 Å². The first-order chi connectivity index (χ1) is 14.2. The van der Waals surface area contributed by atoms with E-state index in [1.165, 1.54) is 16.6 Å². The van der Waals surface area contributed by atoms with Crippen molar-refractivity contribution in [3.8, 4) is 0 Å². The minimum atomic E-state index is -0.820. The quantitative estimate of drug-likeness (QED) is 0.550. The lowest BCUT2D eigenvalue weighted by Crippen LogP contribution is -2.46. The first kappa shape index (κ1) is 22.3. The van der Waals surface area contributed by atoms with E-state index in [0.29, 0.717) is 18.0 Å². The Morgan fingerprint density at radius 1 is 1.43 bits per heavy atom. The van der Waals surface area contributed by atoms with Gasteiger partial charge in [-0.05, 0) is 52.4 Å². The van der Waals surface area contributed by atoms with Gasteiger partial charge in [-0.15, -0.1) is 0 Å². The van der Waals surface area contributed by atoms with Crippen molar-refractivity contribution in [2.24, 2.45) is 5.92 Å². The molecular weight excluding hydrogens is 421 g/mol. The summed E-state index contributed by atoms with van der Waals surface area (Å²) in [6, 6.07) is 0. The molecule has 0 radical (unpaired) electrons. The van der Waals surface area contributed by atoms with E-state index in [-0.39, 0.29) is 22.5 Å². The third-order valence-corrected chi connectivity index (χ3v) is 11.6. The Balaban J connectivity index is 1.54. The lowest BCUT2D eigenvalue weighted by atomic mass is 9.77. The molecule has 1 aromatic heterocycles. The van der Waals surface area contributed by atoms with E-state index in [1.807, 2.05) is 11.4 Å². The fourth-order valence-electron chi connectivity index (χ4n) is 4.50. The molecule has 7 nitrogen and oxygen atoms in total. The van der Waals surface area contributed by atoms with Crippen molar-refractivity contribution in [3.63, 3.8) is 0 Å². The summed E-state index contributed by atoms with van der Waals surface area (Å²) < 4.78 is 16.9. The monoisotopic (exact) mass is 453 g/mol. The van der Waals surface area contributed by atoms with Crippen molar-refractivity contribution in [1.29, 1.82) is 0 Å². The maximum Gasteiger partial charge on any atom is 0.330 e. The molecule has 2 saturated heterocycles. The number of ether oxygens (including phenoxy) is 1. The molecule has 1 aromatic rings. The summed E-state index contributed by atoms with van der Waals surface area (Å²) >= 11 is 1.97. The number of H-pyrrole nitrogens is 1. The number of fused-ring (bicyclic) bond motifs is 1. The molecule has 30 heavy (non-hydrogen) atoms. The number of morpholine rings is 1. The first-order valence-corrected chi connectivity index (χ1v) is 13.4. The van der Waals surface area contributed by atoms with Gasteiger partial charge >= 0.3 is 5.69 Å². The molecule has 166 valence electrons. The van der Waals surface area contributed by atoms with E-state index in [4.69, 9.17) is 9.26 Å². The molecular formula is C21H32N3O4PS. The molecule has 6 atom stereocenters. The number of allylic oxidation sites excluding steroid dienone is 1. The Hall–Kier alpha value is -0.920. The zero-order valence-electron chi connectivity index (χ0n) is 18.2. The number of hydrogen-bond acceptors (Lipinski definition) is 6. The second-order valence-corrected chi connectivity index (χ2v) is 12.9. The second-order valence-electron chi connectivity index (χ2n) is 9.02. The van der Waals surface area contributed by atoms with Crippen molar-refractivity contribution in [1.82, 2.24) is 14.2 Å². The molecule has 0 bridgehead atoms. The first-order valence-electron chi connectivity index (χ1n) is 10.7. The van der Waals surface area contributed by atoms with Crippen LogP contribution in [-0.2, 0) is 9.26 Å². The zero-order valence-corrected chi connectivity index (χ0v) is 19.9. The van der Waals surface area contributed by atoms with E-state index in [2.05, 4.69) is 37.0 Å². The van der Waals surface area contributed by atoms with Gasteiger partial charge in [-0.3, -0.25) is 14.3 Å². The average Bonchev–Trinajstić information content (AvgIpc) is 3.06. The van der Waals surface area contributed by atoms with Gasteiger partial charge in [0, 0.05) is 23.1 Å². The van der Waals surface area contributed by atoms with Crippen molar-refractivity contribution in [3.05, 3.63) is 44.8 Å². The lowest BCUT2D eigenvalue weighted by Gasteiger charge is -2.39. The summed E-state index contributed by atoms with van der Waals surface area (Å²) in [6.07, 6.45) is 5.65. The van der Waals surface area contributed by atoms with E-state index in [1.54, 1.807) is 13.1 Å². The van der Waals surface area contributed by atoms with Gasteiger partial charge in [-0.1, -0.05) is 30.5 Å². The van der Waals surface area contributed by atoms with E-state index < -0.39 is 19.4 Å².